The van der Waals surface area contributed by atoms with Crippen LogP contribution in [-0.4, -0.2) is 23.5 Å². The van der Waals surface area contributed by atoms with E-state index in [0.717, 1.165) is 10.1 Å². The highest BCUT2D eigenvalue weighted by atomic mass is 79.9. The number of fused-ring (bicyclic) bond motifs is 1. The van der Waals surface area contributed by atoms with Crippen LogP contribution in [0.3, 0.4) is 0 Å². The van der Waals surface area contributed by atoms with E-state index in [1.165, 1.54) is 11.3 Å². The number of rotatable bonds is 4. The van der Waals surface area contributed by atoms with E-state index in [2.05, 4.69) is 32.1 Å². The topological polar surface area (TPSA) is 79.5 Å². The summed E-state index contributed by atoms with van der Waals surface area (Å²) in [4.78, 5) is 25.1. The molecule has 3 N–H and O–H groups in total. The van der Waals surface area contributed by atoms with Crippen molar-refractivity contribution < 1.29 is 14.3 Å². The van der Waals surface area contributed by atoms with E-state index in [9.17, 15) is 9.59 Å². The van der Waals surface area contributed by atoms with Crippen molar-refractivity contribution in [2.75, 3.05) is 6.61 Å². The molecule has 6 nitrogen and oxygen atoms in total. The first-order chi connectivity index (χ1) is 13.9. The Kier molecular flexibility index (Phi) is 7.07. The number of ether oxygens (including phenoxy) is 1. The first kappa shape index (κ1) is 21.5. The second-order valence-corrected chi connectivity index (χ2v) is 8.37. The van der Waals surface area contributed by atoms with Gasteiger partial charge in [0.2, 0.25) is 0 Å². The Labute approximate surface area is 189 Å². The summed E-state index contributed by atoms with van der Waals surface area (Å²) in [6.45, 7) is 2.39. The minimum Gasteiger partial charge on any atom is -0.493 e. The zero-order valence-electron chi connectivity index (χ0n) is 15.0. The number of hydrazine groups is 1. The van der Waals surface area contributed by atoms with Gasteiger partial charge in [-0.15, -0.1) is 11.3 Å². The van der Waals surface area contributed by atoms with Gasteiger partial charge in [0.15, 0.2) is 5.11 Å². The lowest BCUT2D eigenvalue weighted by molar-refractivity contribution is 0.0938. The van der Waals surface area contributed by atoms with Crippen LogP contribution in [0.25, 0.3) is 10.1 Å². The molecule has 0 fully saturated rings. The molecular formula is C19H15BrClN3O3S2. The fraction of sp³-hybridized carbons (Fsp3) is 0.105. The number of hydrogen-bond donors (Lipinski definition) is 3. The summed E-state index contributed by atoms with van der Waals surface area (Å²) in [7, 11) is 0. The highest BCUT2D eigenvalue weighted by molar-refractivity contribution is 9.10. The smallest absolute Gasteiger partial charge is 0.281 e. The summed E-state index contributed by atoms with van der Waals surface area (Å²) in [6, 6.07) is 12.4. The van der Waals surface area contributed by atoms with E-state index >= 15 is 0 Å². The van der Waals surface area contributed by atoms with E-state index in [-0.39, 0.29) is 5.11 Å². The van der Waals surface area contributed by atoms with Gasteiger partial charge >= 0.3 is 0 Å². The average Bonchev–Trinajstić information content (AvgIpc) is 3.05. The molecule has 2 amide bonds. The summed E-state index contributed by atoms with van der Waals surface area (Å²) >= 11 is 16.0. The zero-order chi connectivity index (χ0) is 21.0. The highest BCUT2D eigenvalue weighted by Crippen LogP contribution is 2.34. The molecule has 0 unspecified atom stereocenters. The second-order valence-electron chi connectivity index (χ2n) is 5.68. The monoisotopic (exact) mass is 511 g/mol. The molecule has 10 heteroatoms. The number of thiocarbonyl (C=S) groups is 1. The van der Waals surface area contributed by atoms with E-state index in [0.29, 0.717) is 32.3 Å². The van der Waals surface area contributed by atoms with Crippen molar-refractivity contribution in [1.82, 2.24) is 16.2 Å². The minimum atomic E-state index is -0.448. The SMILES string of the molecule is CCOc1ccc(C(=O)NC(=S)NNC(=O)c2sc3ccccc3c2Cl)cc1Br. The van der Waals surface area contributed by atoms with Crippen molar-refractivity contribution in [2.24, 2.45) is 0 Å². The average molecular weight is 513 g/mol. The summed E-state index contributed by atoms with van der Waals surface area (Å²) in [5, 5.41) is 3.63. The van der Waals surface area contributed by atoms with Crippen LogP contribution in [0.5, 0.6) is 5.75 Å². The van der Waals surface area contributed by atoms with Crippen molar-refractivity contribution in [3.8, 4) is 5.75 Å². The molecule has 0 aliphatic heterocycles. The van der Waals surface area contributed by atoms with Crippen molar-refractivity contribution >= 4 is 78.1 Å². The lowest BCUT2D eigenvalue weighted by Crippen LogP contribution is -2.48. The number of amides is 2. The Morgan fingerprint density at radius 3 is 2.62 bits per heavy atom. The summed E-state index contributed by atoms with van der Waals surface area (Å²) in [5.74, 6) is -0.241. The number of thiophene rings is 1. The normalized spacial score (nSPS) is 10.4. The van der Waals surface area contributed by atoms with Crippen LogP contribution < -0.4 is 20.9 Å². The second kappa shape index (κ2) is 9.53. The van der Waals surface area contributed by atoms with Gasteiger partial charge in [-0.25, -0.2) is 0 Å². The van der Waals surface area contributed by atoms with Gasteiger partial charge in [-0.3, -0.25) is 25.8 Å². The molecule has 0 saturated carbocycles. The first-order valence-electron chi connectivity index (χ1n) is 8.41. The Morgan fingerprint density at radius 2 is 1.93 bits per heavy atom. The maximum absolute atomic E-state index is 12.4. The van der Waals surface area contributed by atoms with Gasteiger partial charge in [-0.05, 0) is 59.3 Å². The van der Waals surface area contributed by atoms with E-state index in [4.69, 9.17) is 28.6 Å². The van der Waals surface area contributed by atoms with Crippen molar-refractivity contribution in [3.05, 3.63) is 62.4 Å². The zero-order valence-corrected chi connectivity index (χ0v) is 19.0. The quantitative estimate of drug-likeness (QED) is 0.350. The van der Waals surface area contributed by atoms with Gasteiger partial charge in [0.1, 0.15) is 10.6 Å². The van der Waals surface area contributed by atoms with Crippen molar-refractivity contribution in [1.29, 1.82) is 0 Å². The van der Waals surface area contributed by atoms with Crippen LogP contribution in [0.2, 0.25) is 5.02 Å². The van der Waals surface area contributed by atoms with Gasteiger partial charge in [-0.2, -0.15) is 0 Å². The highest BCUT2D eigenvalue weighted by Gasteiger charge is 2.17. The summed E-state index contributed by atoms with van der Waals surface area (Å²) in [5.41, 5.74) is 5.34. The molecular weight excluding hydrogens is 498 g/mol. The largest absolute Gasteiger partial charge is 0.493 e. The van der Waals surface area contributed by atoms with E-state index in [1.807, 2.05) is 31.2 Å². The lowest BCUT2D eigenvalue weighted by atomic mass is 10.2. The minimum absolute atomic E-state index is 0.0504. The van der Waals surface area contributed by atoms with E-state index in [1.54, 1.807) is 18.2 Å². The van der Waals surface area contributed by atoms with Crippen LogP contribution in [0, 0.1) is 0 Å². The number of halogens is 2. The molecule has 0 saturated heterocycles. The molecule has 1 heterocycles. The van der Waals surface area contributed by atoms with Crippen molar-refractivity contribution in [2.45, 2.75) is 6.92 Å². The lowest BCUT2D eigenvalue weighted by Gasteiger charge is -2.11. The maximum atomic E-state index is 12.4. The van der Waals surface area contributed by atoms with Crippen LogP contribution in [0.15, 0.2) is 46.9 Å². The fourth-order valence-corrected chi connectivity index (χ4v) is 4.50. The Bertz CT molecular complexity index is 1100. The molecule has 0 bridgehead atoms. The molecule has 1 aromatic heterocycles. The number of benzene rings is 2. The molecule has 0 aliphatic rings. The maximum Gasteiger partial charge on any atom is 0.281 e. The third kappa shape index (κ3) is 5.05. The van der Waals surface area contributed by atoms with Gasteiger partial charge in [-0.1, -0.05) is 29.8 Å². The standard InChI is InChI=1S/C19H15BrClN3O3S2/c1-2-27-13-8-7-10(9-12(13)20)17(25)22-19(28)24-23-18(26)16-15(21)11-5-3-4-6-14(11)29-16/h3-9H,2H2,1H3,(H,23,26)(H2,22,24,25,28). The third-order valence-corrected chi connectivity index (χ3v) is 6.25. The van der Waals surface area contributed by atoms with Crippen LogP contribution in [0.1, 0.15) is 27.0 Å². The van der Waals surface area contributed by atoms with Crippen LogP contribution >= 0.6 is 51.1 Å². The number of nitrogens with one attached hydrogen (secondary N) is 3. The van der Waals surface area contributed by atoms with Gasteiger partial charge in [0.05, 0.1) is 16.1 Å². The predicted molar refractivity (Wildman–Crippen MR) is 123 cm³/mol. The molecule has 3 rings (SSSR count). The molecule has 3 aromatic rings. The fourth-order valence-electron chi connectivity index (χ4n) is 2.45. The number of carbonyl (C=O) groups is 2. The molecule has 0 atom stereocenters. The Hall–Kier alpha value is -2.20. The van der Waals surface area contributed by atoms with Gasteiger partial charge in [0.25, 0.3) is 11.8 Å². The Morgan fingerprint density at radius 1 is 1.17 bits per heavy atom. The number of carbonyl (C=O) groups excluding carboxylic acids is 2. The molecule has 150 valence electrons. The van der Waals surface area contributed by atoms with Gasteiger partial charge in [0, 0.05) is 15.6 Å². The van der Waals surface area contributed by atoms with Crippen LogP contribution in [0.4, 0.5) is 0 Å². The molecule has 0 radical (unpaired) electrons. The van der Waals surface area contributed by atoms with E-state index < -0.39 is 11.8 Å². The number of hydrogen-bond acceptors (Lipinski definition) is 5. The third-order valence-electron chi connectivity index (χ3n) is 3.75. The molecule has 0 aliphatic carbocycles. The molecule has 2 aromatic carbocycles. The summed E-state index contributed by atoms with van der Waals surface area (Å²) in [6.07, 6.45) is 0. The first-order valence-corrected chi connectivity index (χ1v) is 10.8. The molecule has 29 heavy (non-hydrogen) atoms. The molecule has 0 spiro atoms. The summed E-state index contributed by atoms with van der Waals surface area (Å²) < 4.78 is 6.97. The predicted octanol–water partition coefficient (Wildman–Crippen LogP) is 4.67. The Balaban J connectivity index is 1.59. The van der Waals surface area contributed by atoms with Crippen molar-refractivity contribution in [3.63, 3.8) is 0 Å². The van der Waals surface area contributed by atoms with Crippen LogP contribution in [-0.2, 0) is 0 Å². The van der Waals surface area contributed by atoms with Gasteiger partial charge < -0.3 is 4.74 Å².